The molecule has 1 amide bonds. The zero-order chi connectivity index (χ0) is 23.0. The third kappa shape index (κ3) is 4.29. The van der Waals surface area contributed by atoms with Gasteiger partial charge in [0.15, 0.2) is 5.65 Å². The van der Waals surface area contributed by atoms with E-state index in [0.29, 0.717) is 23.4 Å². The summed E-state index contributed by atoms with van der Waals surface area (Å²) in [5.74, 6) is 1.47. The van der Waals surface area contributed by atoms with Crippen LogP contribution in [0.2, 0.25) is 0 Å². The molecule has 172 valence electrons. The first-order valence-electron chi connectivity index (χ1n) is 11.2. The summed E-state index contributed by atoms with van der Waals surface area (Å²) >= 11 is 0. The second-order valence-corrected chi connectivity index (χ2v) is 9.40. The minimum atomic E-state index is -0.172. The lowest BCUT2D eigenvalue weighted by Gasteiger charge is -2.40. The summed E-state index contributed by atoms with van der Waals surface area (Å²) in [6.07, 6.45) is 1.74. The quantitative estimate of drug-likeness (QED) is 0.630. The molecule has 1 aliphatic rings. The molecule has 4 heterocycles. The number of furan rings is 1. The van der Waals surface area contributed by atoms with Crippen LogP contribution in [0.25, 0.3) is 22.3 Å². The molecule has 0 aromatic carbocycles. The van der Waals surface area contributed by atoms with Crippen LogP contribution in [0.15, 0.2) is 22.7 Å². The molecule has 1 aliphatic heterocycles. The zero-order valence-corrected chi connectivity index (χ0v) is 19.9. The van der Waals surface area contributed by atoms with Crippen molar-refractivity contribution in [2.24, 2.45) is 0 Å². The number of nitrogens with one attached hydrogen (secondary N) is 1. The van der Waals surface area contributed by atoms with E-state index in [-0.39, 0.29) is 17.5 Å². The van der Waals surface area contributed by atoms with Crippen molar-refractivity contribution in [3.63, 3.8) is 0 Å². The van der Waals surface area contributed by atoms with Gasteiger partial charge in [0, 0.05) is 36.8 Å². The van der Waals surface area contributed by atoms with Gasteiger partial charge in [-0.15, -0.1) is 0 Å². The highest BCUT2D eigenvalue weighted by molar-refractivity contribution is 6.06. The molecular formula is C24H33N5O3. The third-order valence-corrected chi connectivity index (χ3v) is 6.17. The van der Waals surface area contributed by atoms with Crippen LogP contribution >= 0.6 is 0 Å². The summed E-state index contributed by atoms with van der Waals surface area (Å²) in [5, 5.41) is 8.42. The number of rotatable bonds is 6. The van der Waals surface area contributed by atoms with E-state index in [1.54, 1.807) is 6.20 Å². The van der Waals surface area contributed by atoms with Crippen LogP contribution in [0.5, 0.6) is 0 Å². The first kappa shape index (κ1) is 22.5. The molecule has 0 atom stereocenters. The number of aryl methyl sites for hydroxylation is 2. The highest BCUT2D eigenvalue weighted by Gasteiger charge is 2.29. The van der Waals surface area contributed by atoms with Gasteiger partial charge in [-0.3, -0.25) is 9.69 Å². The van der Waals surface area contributed by atoms with Gasteiger partial charge in [-0.05, 0) is 53.7 Å². The van der Waals surface area contributed by atoms with Crippen molar-refractivity contribution in [1.82, 2.24) is 25.0 Å². The number of aromatic nitrogens is 3. The molecule has 0 saturated carbocycles. The summed E-state index contributed by atoms with van der Waals surface area (Å²) in [5.41, 5.74) is 2.71. The molecule has 8 nitrogen and oxygen atoms in total. The van der Waals surface area contributed by atoms with Crippen molar-refractivity contribution in [2.45, 2.75) is 53.1 Å². The Labute approximate surface area is 188 Å². The van der Waals surface area contributed by atoms with Crippen molar-refractivity contribution in [3.8, 4) is 11.3 Å². The number of morpholine rings is 1. The Hall–Kier alpha value is -2.71. The van der Waals surface area contributed by atoms with Crippen LogP contribution in [0.1, 0.15) is 55.6 Å². The number of nitrogens with zero attached hydrogens (tertiary/aromatic N) is 4. The fraction of sp³-hybridized carbons (Fsp3) is 0.542. The summed E-state index contributed by atoms with van der Waals surface area (Å²) in [4.78, 5) is 20.6. The van der Waals surface area contributed by atoms with Crippen LogP contribution in [-0.4, -0.2) is 64.0 Å². The van der Waals surface area contributed by atoms with Crippen LogP contribution in [0.3, 0.4) is 0 Å². The highest BCUT2D eigenvalue weighted by Crippen LogP contribution is 2.30. The monoisotopic (exact) mass is 439 g/mol. The van der Waals surface area contributed by atoms with Gasteiger partial charge in [0.25, 0.3) is 5.91 Å². The van der Waals surface area contributed by atoms with E-state index in [1.165, 1.54) is 0 Å². The van der Waals surface area contributed by atoms with Gasteiger partial charge in [-0.25, -0.2) is 9.67 Å². The molecular weight excluding hydrogens is 406 g/mol. The van der Waals surface area contributed by atoms with E-state index < -0.39 is 0 Å². The van der Waals surface area contributed by atoms with Crippen molar-refractivity contribution in [3.05, 3.63) is 35.4 Å². The Morgan fingerprint density at radius 3 is 2.56 bits per heavy atom. The Bertz CT molecular complexity index is 1120. The van der Waals surface area contributed by atoms with E-state index in [4.69, 9.17) is 14.1 Å². The summed E-state index contributed by atoms with van der Waals surface area (Å²) in [6.45, 7) is 16.0. The lowest BCUT2D eigenvalue weighted by molar-refractivity contribution is -0.00922. The number of fused-ring (bicyclic) bond motifs is 1. The Morgan fingerprint density at radius 1 is 1.22 bits per heavy atom. The van der Waals surface area contributed by atoms with Crippen molar-refractivity contribution in [2.75, 3.05) is 32.8 Å². The minimum Gasteiger partial charge on any atom is -0.466 e. The fourth-order valence-electron chi connectivity index (χ4n) is 4.28. The summed E-state index contributed by atoms with van der Waals surface area (Å²) in [7, 11) is 0. The maximum Gasteiger partial charge on any atom is 0.252 e. The predicted molar refractivity (Wildman–Crippen MR) is 124 cm³/mol. The van der Waals surface area contributed by atoms with Gasteiger partial charge >= 0.3 is 0 Å². The van der Waals surface area contributed by atoms with Crippen LogP contribution in [0.4, 0.5) is 0 Å². The second kappa shape index (κ2) is 8.67. The molecule has 1 fully saturated rings. The SMILES string of the molecule is Cc1cc(-c2cc(C(=O)NCC(C)(C)N3CCOCC3)c3cnn(C(C)C)c3n2)c(C)o1. The maximum absolute atomic E-state index is 13.4. The van der Waals surface area contributed by atoms with Gasteiger partial charge in [0.05, 0.1) is 36.1 Å². The number of amides is 1. The van der Waals surface area contributed by atoms with Crippen molar-refractivity contribution < 1.29 is 13.9 Å². The standard InChI is InChI=1S/C24H33N5O3/c1-15(2)29-22-20(13-26-29)19(12-21(27-22)18-11-16(3)32-17(18)4)23(30)25-14-24(5,6)28-7-9-31-10-8-28/h11-13,15H,7-10,14H2,1-6H3,(H,25,30). The largest absolute Gasteiger partial charge is 0.466 e. The topological polar surface area (TPSA) is 85.4 Å². The third-order valence-electron chi connectivity index (χ3n) is 6.17. The molecule has 3 aromatic rings. The maximum atomic E-state index is 13.4. The van der Waals surface area contributed by atoms with Crippen LogP contribution in [0, 0.1) is 13.8 Å². The van der Waals surface area contributed by atoms with Gasteiger partial charge in [0.2, 0.25) is 0 Å². The van der Waals surface area contributed by atoms with Gasteiger partial charge in [0.1, 0.15) is 11.5 Å². The molecule has 32 heavy (non-hydrogen) atoms. The van der Waals surface area contributed by atoms with Gasteiger partial charge < -0.3 is 14.5 Å². The zero-order valence-electron chi connectivity index (χ0n) is 19.9. The Morgan fingerprint density at radius 2 is 1.94 bits per heavy atom. The average molecular weight is 440 g/mol. The average Bonchev–Trinajstić information content (AvgIpc) is 3.34. The Balaban J connectivity index is 1.69. The van der Waals surface area contributed by atoms with Crippen molar-refractivity contribution >= 4 is 16.9 Å². The molecule has 8 heteroatoms. The Kier molecular flexibility index (Phi) is 6.09. The number of hydrogen-bond acceptors (Lipinski definition) is 6. The molecule has 0 radical (unpaired) electrons. The molecule has 0 aliphatic carbocycles. The summed E-state index contributed by atoms with van der Waals surface area (Å²) < 4.78 is 13.1. The molecule has 1 N–H and O–H groups in total. The van der Waals surface area contributed by atoms with E-state index >= 15 is 0 Å². The normalized spacial score (nSPS) is 15.6. The number of ether oxygens (including phenoxy) is 1. The van der Waals surface area contributed by atoms with Crippen molar-refractivity contribution in [1.29, 1.82) is 0 Å². The number of pyridine rings is 1. The lowest BCUT2D eigenvalue weighted by atomic mass is 10.0. The molecule has 4 rings (SSSR count). The second-order valence-electron chi connectivity index (χ2n) is 9.40. The molecule has 0 bridgehead atoms. The smallest absolute Gasteiger partial charge is 0.252 e. The molecule has 0 unspecified atom stereocenters. The predicted octanol–water partition coefficient (Wildman–Crippen LogP) is 3.73. The van der Waals surface area contributed by atoms with E-state index in [2.05, 4.69) is 43.0 Å². The number of carbonyl (C=O) groups is 1. The van der Waals surface area contributed by atoms with Gasteiger partial charge in [-0.1, -0.05) is 0 Å². The summed E-state index contributed by atoms with van der Waals surface area (Å²) in [6, 6.07) is 3.94. The minimum absolute atomic E-state index is 0.124. The number of carbonyl (C=O) groups excluding carboxylic acids is 1. The number of hydrogen-bond donors (Lipinski definition) is 1. The molecule has 3 aromatic heterocycles. The lowest BCUT2D eigenvalue weighted by Crippen LogP contribution is -2.55. The fourth-order valence-corrected chi connectivity index (χ4v) is 4.28. The molecule has 0 spiro atoms. The van der Waals surface area contributed by atoms with Crippen LogP contribution in [-0.2, 0) is 4.74 Å². The van der Waals surface area contributed by atoms with Crippen LogP contribution < -0.4 is 5.32 Å². The van der Waals surface area contributed by atoms with E-state index in [1.807, 2.05) is 30.7 Å². The van der Waals surface area contributed by atoms with Gasteiger partial charge in [-0.2, -0.15) is 5.10 Å². The van der Waals surface area contributed by atoms with E-state index in [9.17, 15) is 4.79 Å². The highest BCUT2D eigenvalue weighted by atomic mass is 16.5. The van der Waals surface area contributed by atoms with E-state index in [0.717, 1.165) is 48.8 Å². The first-order valence-corrected chi connectivity index (χ1v) is 11.2. The molecule has 1 saturated heterocycles. The first-order chi connectivity index (χ1) is 15.2.